The molecule has 4 heterocycles. The molecule has 1 saturated heterocycles. The number of fused-ring (bicyclic) bond motifs is 1. The van der Waals surface area contributed by atoms with E-state index in [4.69, 9.17) is 0 Å². The molecule has 4 rings (SSSR count). The first kappa shape index (κ1) is 24.2. The summed E-state index contributed by atoms with van der Waals surface area (Å²) in [4.78, 5) is 19.4. The minimum Gasteiger partial charge on any atom is -0.348 e. The molecule has 11 heteroatoms. The Labute approximate surface area is 195 Å². The van der Waals surface area contributed by atoms with E-state index < -0.39 is 12.6 Å². The number of aryl methyl sites for hydroxylation is 1. The Morgan fingerprint density at radius 3 is 2.71 bits per heavy atom. The van der Waals surface area contributed by atoms with E-state index in [1.807, 2.05) is 37.9 Å². The summed E-state index contributed by atoms with van der Waals surface area (Å²) in [5.41, 5.74) is 4.56. The summed E-state index contributed by atoms with van der Waals surface area (Å²) in [5, 5.41) is 14.7. The standard InChI is InChI=1S/C23H30F3N7O/c1-14(2)18-19(16-11-15(3)21-27-13-28-33(21)12-16)30-31-20(18)22(34)29-17-5-9-32(10-6-17)8-4-7-23(24,25)26/h11-14,17H,4-10H2,1-3H3,(H,29,34)(H,30,31). The van der Waals surface area contributed by atoms with Gasteiger partial charge in [0.2, 0.25) is 0 Å². The maximum Gasteiger partial charge on any atom is 0.389 e. The highest BCUT2D eigenvalue weighted by Gasteiger charge is 2.29. The lowest BCUT2D eigenvalue weighted by Crippen LogP contribution is -2.45. The van der Waals surface area contributed by atoms with E-state index in [1.54, 1.807) is 4.52 Å². The molecule has 0 radical (unpaired) electrons. The largest absolute Gasteiger partial charge is 0.389 e. The minimum atomic E-state index is -4.11. The first-order valence-electron chi connectivity index (χ1n) is 11.6. The number of aromatic amines is 1. The van der Waals surface area contributed by atoms with Gasteiger partial charge in [0.05, 0.1) is 5.69 Å². The molecule has 1 amide bonds. The van der Waals surface area contributed by atoms with Crippen molar-refractivity contribution in [1.29, 1.82) is 0 Å². The Kier molecular flexibility index (Phi) is 6.92. The number of hydrogen-bond donors (Lipinski definition) is 2. The molecule has 0 unspecified atom stereocenters. The number of carbonyl (C=O) groups excluding carboxylic acids is 1. The third-order valence-corrected chi connectivity index (χ3v) is 6.30. The van der Waals surface area contributed by atoms with Crippen LogP contribution >= 0.6 is 0 Å². The van der Waals surface area contributed by atoms with Gasteiger partial charge in [-0.1, -0.05) is 13.8 Å². The summed E-state index contributed by atoms with van der Waals surface area (Å²) >= 11 is 0. The molecule has 2 N–H and O–H groups in total. The molecule has 34 heavy (non-hydrogen) atoms. The van der Waals surface area contributed by atoms with Crippen LogP contribution in [0.25, 0.3) is 16.9 Å². The zero-order valence-corrected chi connectivity index (χ0v) is 19.6. The van der Waals surface area contributed by atoms with Gasteiger partial charge in [-0.3, -0.25) is 9.89 Å². The second kappa shape index (κ2) is 9.73. The third-order valence-electron chi connectivity index (χ3n) is 6.30. The van der Waals surface area contributed by atoms with Crippen LogP contribution in [0.1, 0.15) is 67.1 Å². The lowest BCUT2D eigenvalue weighted by Gasteiger charge is -2.32. The van der Waals surface area contributed by atoms with Crippen molar-refractivity contribution in [2.75, 3.05) is 19.6 Å². The Morgan fingerprint density at radius 2 is 2.03 bits per heavy atom. The fourth-order valence-electron chi connectivity index (χ4n) is 4.59. The predicted molar refractivity (Wildman–Crippen MR) is 122 cm³/mol. The molecular weight excluding hydrogens is 447 g/mol. The zero-order valence-electron chi connectivity index (χ0n) is 19.6. The van der Waals surface area contributed by atoms with E-state index in [9.17, 15) is 18.0 Å². The summed E-state index contributed by atoms with van der Waals surface area (Å²) in [6.45, 7) is 7.77. The number of alkyl halides is 3. The first-order chi connectivity index (χ1) is 16.1. The lowest BCUT2D eigenvalue weighted by atomic mass is 9.96. The Morgan fingerprint density at radius 1 is 1.29 bits per heavy atom. The number of H-pyrrole nitrogens is 1. The van der Waals surface area contributed by atoms with Crippen LogP contribution < -0.4 is 5.32 Å². The molecule has 0 saturated carbocycles. The summed E-state index contributed by atoms with van der Waals surface area (Å²) < 4.78 is 38.8. The summed E-state index contributed by atoms with van der Waals surface area (Å²) in [6, 6.07) is 1.97. The molecule has 3 aromatic rings. The highest BCUT2D eigenvalue weighted by molar-refractivity contribution is 5.96. The van der Waals surface area contributed by atoms with Crippen LogP contribution in [-0.2, 0) is 0 Å². The van der Waals surface area contributed by atoms with Crippen LogP contribution in [0.3, 0.4) is 0 Å². The Hall–Kier alpha value is -2.95. The van der Waals surface area contributed by atoms with Gasteiger partial charge in [-0.2, -0.15) is 23.4 Å². The molecule has 1 aliphatic rings. The molecule has 0 spiro atoms. The van der Waals surface area contributed by atoms with Gasteiger partial charge in [0, 0.05) is 42.9 Å². The van der Waals surface area contributed by atoms with Crippen LogP contribution in [0.15, 0.2) is 18.6 Å². The number of nitrogens with one attached hydrogen (secondary N) is 2. The van der Waals surface area contributed by atoms with E-state index >= 15 is 0 Å². The quantitative estimate of drug-likeness (QED) is 0.535. The van der Waals surface area contributed by atoms with Crippen molar-refractivity contribution in [3.63, 3.8) is 0 Å². The van der Waals surface area contributed by atoms with Crippen molar-refractivity contribution >= 4 is 11.6 Å². The van der Waals surface area contributed by atoms with E-state index in [0.717, 1.165) is 22.3 Å². The molecule has 1 fully saturated rings. The van der Waals surface area contributed by atoms with Gasteiger partial charge in [0.1, 0.15) is 12.0 Å². The minimum absolute atomic E-state index is 0.0214. The van der Waals surface area contributed by atoms with Crippen molar-refractivity contribution in [2.45, 2.75) is 64.6 Å². The smallest absolute Gasteiger partial charge is 0.348 e. The summed E-state index contributed by atoms with van der Waals surface area (Å²) in [7, 11) is 0. The third kappa shape index (κ3) is 5.40. The zero-order chi connectivity index (χ0) is 24.5. The van der Waals surface area contributed by atoms with Crippen LogP contribution in [0, 0.1) is 6.92 Å². The predicted octanol–water partition coefficient (Wildman–Crippen LogP) is 4.09. The van der Waals surface area contributed by atoms with Crippen molar-refractivity contribution in [3.05, 3.63) is 35.4 Å². The van der Waals surface area contributed by atoms with Crippen molar-refractivity contribution in [2.24, 2.45) is 0 Å². The van der Waals surface area contributed by atoms with Gasteiger partial charge in [0.15, 0.2) is 5.65 Å². The average molecular weight is 478 g/mol. The number of hydrogen-bond acceptors (Lipinski definition) is 5. The van der Waals surface area contributed by atoms with Crippen LogP contribution in [0.2, 0.25) is 0 Å². The molecule has 0 aromatic carbocycles. The molecule has 8 nitrogen and oxygen atoms in total. The molecule has 3 aromatic heterocycles. The SMILES string of the molecule is Cc1cc(-c2n[nH]c(C(=O)NC3CCN(CCCC(F)(F)F)CC3)c2C(C)C)cn2ncnc12. The van der Waals surface area contributed by atoms with Crippen molar-refractivity contribution < 1.29 is 18.0 Å². The molecule has 0 atom stereocenters. The number of piperidine rings is 1. The number of likely N-dealkylation sites (tertiary alicyclic amines) is 1. The normalized spacial score (nSPS) is 16.0. The summed E-state index contributed by atoms with van der Waals surface area (Å²) in [6.07, 6.45) is 0.00918. The number of nitrogens with zero attached hydrogens (tertiary/aromatic N) is 5. The van der Waals surface area contributed by atoms with E-state index in [2.05, 4.69) is 25.6 Å². The van der Waals surface area contributed by atoms with Gasteiger partial charge in [-0.05, 0) is 50.3 Å². The maximum atomic E-state index is 13.1. The molecule has 0 aliphatic carbocycles. The number of amides is 1. The molecule has 0 bridgehead atoms. The number of carbonyl (C=O) groups is 1. The Balaban J connectivity index is 1.42. The van der Waals surface area contributed by atoms with Gasteiger partial charge in [-0.25, -0.2) is 9.50 Å². The average Bonchev–Trinajstić information content (AvgIpc) is 3.41. The van der Waals surface area contributed by atoms with Crippen LogP contribution in [0.5, 0.6) is 0 Å². The maximum absolute atomic E-state index is 13.1. The van der Waals surface area contributed by atoms with Crippen LogP contribution in [-0.4, -0.2) is 67.5 Å². The highest BCUT2D eigenvalue weighted by atomic mass is 19.4. The van der Waals surface area contributed by atoms with E-state index in [1.165, 1.54) is 6.33 Å². The molecule has 1 aliphatic heterocycles. The van der Waals surface area contributed by atoms with Crippen molar-refractivity contribution in [3.8, 4) is 11.3 Å². The van der Waals surface area contributed by atoms with E-state index in [0.29, 0.717) is 43.9 Å². The molecular formula is C23H30F3N7O. The number of halogens is 3. The monoisotopic (exact) mass is 477 g/mol. The lowest BCUT2D eigenvalue weighted by molar-refractivity contribution is -0.136. The first-order valence-corrected chi connectivity index (χ1v) is 11.6. The number of rotatable bonds is 7. The van der Waals surface area contributed by atoms with Gasteiger partial charge in [-0.15, -0.1) is 0 Å². The molecule has 184 valence electrons. The van der Waals surface area contributed by atoms with Gasteiger partial charge in [0.25, 0.3) is 5.91 Å². The van der Waals surface area contributed by atoms with Gasteiger partial charge >= 0.3 is 6.18 Å². The van der Waals surface area contributed by atoms with Gasteiger partial charge < -0.3 is 10.2 Å². The number of pyridine rings is 1. The highest BCUT2D eigenvalue weighted by Crippen LogP contribution is 2.31. The fraction of sp³-hybridized carbons (Fsp3) is 0.565. The van der Waals surface area contributed by atoms with Crippen molar-refractivity contribution in [1.82, 2.24) is 35.0 Å². The Bertz CT molecular complexity index is 1140. The second-order valence-electron chi connectivity index (χ2n) is 9.26. The topological polar surface area (TPSA) is 91.2 Å². The summed E-state index contributed by atoms with van der Waals surface area (Å²) in [5.74, 6) is -0.159. The van der Waals surface area contributed by atoms with E-state index in [-0.39, 0.29) is 24.3 Å². The number of aromatic nitrogens is 5. The second-order valence-corrected chi connectivity index (χ2v) is 9.26. The fourth-order valence-corrected chi connectivity index (χ4v) is 4.59. The van der Waals surface area contributed by atoms with Crippen LogP contribution in [0.4, 0.5) is 13.2 Å².